The van der Waals surface area contributed by atoms with Gasteiger partial charge in [0.05, 0.1) is 0 Å². The van der Waals surface area contributed by atoms with Gasteiger partial charge in [-0.1, -0.05) is 6.92 Å². The molecule has 0 aromatic rings. The maximum Gasteiger partial charge on any atom is 0.274 e. The first-order valence-electron chi connectivity index (χ1n) is 3.17. The van der Waals surface area contributed by atoms with E-state index in [4.69, 9.17) is 5.21 Å². The summed E-state index contributed by atoms with van der Waals surface area (Å²) in [5.74, 6) is 0. The molecule has 0 aliphatic rings. The maximum absolute atomic E-state index is 10.3. The van der Waals surface area contributed by atoms with E-state index in [0.717, 1.165) is 5.06 Å². The average Bonchev–Trinajstić information content (AvgIpc) is 1.85. The lowest BCUT2D eigenvalue weighted by Gasteiger charge is -2.10. The number of hydrogen-bond donors (Lipinski definition) is 3. The van der Waals surface area contributed by atoms with Crippen LogP contribution in [0.1, 0.15) is 6.92 Å². The third kappa shape index (κ3) is 7.69. The Balaban J connectivity index is 3.43. The lowest BCUT2D eigenvalue weighted by atomic mass is 10.6. The summed E-state index contributed by atoms with van der Waals surface area (Å²) in [4.78, 5) is 0. The molecule has 0 unspecified atom stereocenters. The van der Waals surface area contributed by atoms with E-state index < -0.39 is 10.2 Å². The van der Waals surface area contributed by atoms with Gasteiger partial charge in [-0.3, -0.25) is 0 Å². The van der Waals surface area contributed by atoms with Gasteiger partial charge in [-0.25, -0.2) is 9.86 Å². The quantitative estimate of drug-likeness (QED) is 0.451. The van der Waals surface area contributed by atoms with Gasteiger partial charge < -0.3 is 5.21 Å². The van der Waals surface area contributed by atoms with Crippen LogP contribution in [0, 0.1) is 0 Å². The third-order valence-corrected chi connectivity index (χ3v) is 1.64. The number of nitrogens with one attached hydrogen (secondary N) is 1. The smallest absolute Gasteiger partial charge is 0.274 e. The summed E-state index contributed by atoms with van der Waals surface area (Å²) in [6.45, 7) is 2.54. The predicted octanol–water partition coefficient (Wildman–Crippen LogP) is -1.51. The SMILES string of the molecule is CCN(O)CCNS(N)(=O)=O. The Morgan fingerprint density at radius 1 is 1.64 bits per heavy atom. The lowest BCUT2D eigenvalue weighted by Crippen LogP contribution is -2.36. The highest BCUT2D eigenvalue weighted by molar-refractivity contribution is 7.87. The van der Waals surface area contributed by atoms with Crippen molar-refractivity contribution < 1.29 is 13.6 Å². The molecule has 0 saturated heterocycles. The zero-order valence-electron chi connectivity index (χ0n) is 6.32. The number of likely N-dealkylation sites (N-methyl/N-ethyl adjacent to an activating group) is 1. The molecule has 0 fully saturated rings. The fourth-order valence-corrected chi connectivity index (χ4v) is 0.851. The van der Waals surface area contributed by atoms with Crippen molar-refractivity contribution >= 4 is 10.2 Å². The standard InChI is InChI=1S/C4H13N3O3S/c1-2-7(8)4-3-6-11(5,9)10/h6,8H,2-4H2,1H3,(H2,5,9,10). The van der Waals surface area contributed by atoms with Crippen molar-refractivity contribution in [1.82, 2.24) is 9.79 Å². The fourth-order valence-electron chi connectivity index (χ4n) is 0.475. The number of rotatable bonds is 5. The molecule has 0 amide bonds. The molecule has 0 heterocycles. The van der Waals surface area contributed by atoms with Crippen LogP contribution in [0.5, 0.6) is 0 Å². The van der Waals surface area contributed by atoms with Crippen LogP contribution in [0.4, 0.5) is 0 Å². The lowest BCUT2D eigenvalue weighted by molar-refractivity contribution is -0.0837. The predicted molar refractivity (Wildman–Crippen MR) is 40.1 cm³/mol. The Kier molecular flexibility index (Phi) is 4.54. The van der Waals surface area contributed by atoms with E-state index in [-0.39, 0.29) is 13.1 Å². The summed E-state index contributed by atoms with van der Waals surface area (Å²) in [6.07, 6.45) is 0. The molecule has 0 spiro atoms. The van der Waals surface area contributed by atoms with Gasteiger partial charge in [0, 0.05) is 19.6 Å². The monoisotopic (exact) mass is 183 g/mol. The normalized spacial score (nSPS) is 12.4. The van der Waals surface area contributed by atoms with Crippen molar-refractivity contribution in [3.63, 3.8) is 0 Å². The van der Waals surface area contributed by atoms with Crippen molar-refractivity contribution in [2.24, 2.45) is 5.14 Å². The van der Waals surface area contributed by atoms with Gasteiger partial charge in [0.15, 0.2) is 0 Å². The molecule has 11 heavy (non-hydrogen) atoms. The first kappa shape index (κ1) is 10.8. The van der Waals surface area contributed by atoms with Crippen LogP contribution in [-0.2, 0) is 10.2 Å². The highest BCUT2D eigenvalue weighted by Crippen LogP contribution is 1.77. The van der Waals surface area contributed by atoms with Gasteiger partial charge in [0.25, 0.3) is 10.2 Å². The highest BCUT2D eigenvalue weighted by Gasteiger charge is 2.01. The first-order valence-corrected chi connectivity index (χ1v) is 4.71. The second-order valence-electron chi connectivity index (χ2n) is 1.99. The summed E-state index contributed by atoms with van der Waals surface area (Å²) in [5, 5.41) is 14.4. The summed E-state index contributed by atoms with van der Waals surface area (Å²) >= 11 is 0. The van der Waals surface area contributed by atoms with Gasteiger partial charge in [-0.15, -0.1) is 0 Å². The van der Waals surface area contributed by atoms with Crippen LogP contribution in [0.2, 0.25) is 0 Å². The molecule has 0 atom stereocenters. The van der Waals surface area contributed by atoms with Gasteiger partial charge in [0.2, 0.25) is 0 Å². The summed E-state index contributed by atoms with van der Waals surface area (Å²) in [5.41, 5.74) is 0. The Hall–Kier alpha value is -0.210. The van der Waals surface area contributed by atoms with Crippen molar-refractivity contribution in [1.29, 1.82) is 0 Å². The summed E-state index contributed by atoms with van der Waals surface area (Å²) in [6, 6.07) is 0. The summed E-state index contributed by atoms with van der Waals surface area (Å²) < 4.78 is 22.6. The van der Waals surface area contributed by atoms with Crippen LogP contribution >= 0.6 is 0 Å². The zero-order chi connectivity index (χ0) is 8.91. The second-order valence-corrected chi connectivity index (χ2v) is 3.36. The first-order chi connectivity index (χ1) is 4.95. The minimum absolute atomic E-state index is 0.114. The zero-order valence-corrected chi connectivity index (χ0v) is 7.13. The Labute approximate surface area is 66.1 Å². The van der Waals surface area contributed by atoms with Crippen LogP contribution in [-0.4, -0.2) is 38.3 Å². The van der Waals surface area contributed by atoms with E-state index in [9.17, 15) is 8.42 Å². The molecule has 0 aliphatic carbocycles. The molecule has 0 aliphatic heterocycles. The van der Waals surface area contributed by atoms with Crippen molar-refractivity contribution in [2.75, 3.05) is 19.6 Å². The van der Waals surface area contributed by atoms with E-state index in [2.05, 4.69) is 5.14 Å². The molecule has 0 saturated carbocycles. The minimum Gasteiger partial charge on any atom is -0.314 e. The molecule has 0 rings (SSSR count). The molecular weight excluding hydrogens is 170 g/mol. The number of nitrogens with zero attached hydrogens (tertiary/aromatic N) is 1. The van der Waals surface area contributed by atoms with Crippen molar-refractivity contribution in [2.45, 2.75) is 6.92 Å². The second kappa shape index (κ2) is 4.62. The number of hydroxylamine groups is 2. The van der Waals surface area contributed by atoms with E-state index in [0.29, 0.717) is 6.54 Å². The maximum atomic E-state index is 10.3. The Morgan fingerprint density at radius 3 is 2.55 bits per heavy atom. The van der Waals surface area contributed by atoms with Crippen molar-refractivity contribution in [3.05, 3.63) is 0 Å². The van der Waals surface area contributed by atoms with Gasteiger partial charge >= 0.3 is 0 Å². The number of hydrogen-bond acceptors (Lipinski definition) is 4. The highest BCUT2D eigenvalue weighted by atomic mass is 32.2. The topological polar surface area (TPSA) is 95.7 Å². The molecule has 68 valence electrons. The van der Waals surface area contributed by atoms with Gasteiger partial charge in [-0.2, -0.15) is 13.5 Å². The van der Waals surface area contributed by atoms with E-state index in [1.54, 1.807) is 6.92 Å². The molecule has 4 N–H and O–H groups in total. The Bertz CT molecular complexity index is 191. The summed E-state index contributed by atoms with van der Waals surface area (Å²) in [7, 11) is -3.62. The molecule has 0 aromatic carbocycles. The largest absolute Gasteiger partial charge is 0.314 e. The fraction of sp³-hybridized carbons (Fsp3) is 1.00. The van der Waals surface area contributed by atoms with Crippen LogP contribution in [0.25, 0.3) is 0 Å². The molecule has 6 nitrogen and oxygen atoms in total. The molecule has 0 radical (unpaired) electrons. The van der Waals surface area contributed by atoms with Crippen LogP contribution in [0.15, 0.2) is 0 Å². The van der Waals surface area contributed by atoms with Gasteiger partial charge in [-0.05, 0) is 0 Å². The van der Waals surface area contributed by atoms with Crippen LogP contribution in [0.3, 0.4) is 0 Å². The molecule has 0 aromatic heterocycles. The minimum atomic E-state index is -3.62. The van der Waals surface area contributed by atoms with Gasteiger partial charge in [0.1, 0.15) is 0 Å². The van der Waals surface area contributed by atoms with E-state index in [1.165, 1.54) is 0 Å². The number of nitrogens with two attached hydrogens (primary N) is 1. The average molecular weight is 183 g/mol. The third-order valence-electron chi connectivity index (χ3n) is 1.04. The molecular formula is C4H13N3O3S. The van der Waals surface area contributed by atoms with E-state index in [1.807, 2.05) is 4.72 Å². The molecule has 7 heteroatoms. The molecule has 0 bridgehead atoms. The van der Waals surface area contributed by atoms with Crippen molar-refractivity contribution in [3.8, 4) is 0 Å². The van der Waals surface area contributed by atoms with Crippen LogP contribution < -0.4 is 9.86 Å². The van der Waals surface area contributed by atoms with E-state index >= 15 is 0 Å². The Morgan fingerprint density at radius 2 is 2.18 bits per heavy atom.